The van der Waals surface area contributed by atoms with E-state index in [-0.39, 0.29) is 16.9 Å². The molecule has 2 N–H and O–H groups in total. The first kappa shape index (κ1) is 18.1. The van der Waals surface area contributed by atoms with Gasteiger partial charge >= 0.3 is 0 Å². The quantitative estimate of drug-likeness (QED) is 0.769. The molecule has 0 heterocycles. The summed E-state index contributed by atoms with van der Waals surface area (Å²) < 4.78 is 0.684. The standard InChI is InChI=1S/C17H16BrN3O2S/c1-21(2)16(23)11-6-5-7-12(10-11)19-17(24)20-15(22)13-8-3-4-9-14(13)18/h3-10H,1-2H3,(H2,19,20,22,24). The number of rotatable bonds is 3. The molecule has 7 heteroatoms. The van der Waals surface area contributed by atoms with E-state index in [9.17, 15) is 9.59 Å². The van der Waals surface area contributed by atoms with Crippen LogP contribution in [0.1, 0.15) is 20.7 Å². The number of hydrogen-bond acceptors (Lipinski definition) is 3. The Bertz CT molecular complexity index is 793. The minimum atomic E-state index is -0.319. The Hall–Kier alpha value is -2.25. The summed E-state index contributed by atoms with van der Waals surface area (Å²) >= 11 is 8.49. The fraction of sp³-hybridized carbons (Fsp3) is 0.118. The molecule has 0 aromatic heterocycles. The molecule has 0 saturated carbocycles. The average molecular weight is 406 g/mol. The van der Waals surface area contributed by atoms with Crippen molar-refractivity contribution in [1.29, 1.82) is 0 Å². The third kappa shape index (κ3) is 4.62. The molecular weight excluding hydrogens is 390 g/mol. The Morgan fingerprint density at radius 3 is 2.46 bits per heavy atom. The van der Waals surface area contributed by atoms with E-state index in [1.54, 1.807) is 56.6 Å². The van der Waals surface area contributed by atoms with Crippen LogP contribution in [0.5, 0.6) is 0 Å². The van der Waals surface area contributed by atoms with Crippen molar-refractivity contribution < 1.29 is 9.59 Å². The number of amides is 2. The Kier molecular flexibility index (Phi) is 6.05. The van der Waals surface area contributed by atoms with Crippen molar-refractivity contribution in [2.75, 3.05) is 19.4 Å². The van der Waals surface area contributed by atoms with Crippen LogP contribution in [0.25, 0.3) is 0 Å². The van der Waals surface area contributed by atoms with Crippen LogP contribution in [0.15, 0.2) is 53.0 Å². The highest BCUT2D eigenvalue weighted by Gasteiger charge is 2.12. The second-order valence-electron chi connectivity index (χ2n) is 5.17. The lowest BCUT2D eigenvalue weighted by Crippen LogP contribution is -2.34. The molecule has 24 heavy (non-hydrogen) atoms. The van der Waals surface area contributed by atoms with Crippen LogP contribution < -0.4 is 10.6 Å². The molecule has 0 aliphatic rings. The molecule has 124 valence electrons. The minimum absolute atomic E-state index is 0.109. The number of hydrogen-bond donors (Lipinski definition) is 2. The number of carbonyl (C=O) groups excluding carboxylic acids is 2. The molecule has 0 radical (unpaired) electrons. The predicted molar refractivity (Wildman–Crippen MR) is 102 cm³/mol. The zero-order chi connectivity index (χ0) is 17.7. The molecule has 0 bridgehead atoms. The lowest BCUT2D eigenvalue weighted by molar-refractivity contribution is 0.0827. The molecular formula is C17H16BrN3O2S. The van der Waals surface area contributed by atoms with Crippen LogP contribution in [0.2, 0.25) is 0 Å². The number of benzene rings is 2. The second-order valence-corrected chi connectivity index (χ2v) is 6.43. The summed E-state index contributed by atoms with van der Waals surface area (Å²) in [7, 11) is 3.37. The maximum Gasteiger partial charge on any atom is 0.258 e. The molecule has 2 amide bonds. The largest absolute Gasteiger partial charge is 0.345 e. The summed E-state index contributed by atoms with van der Waals surface area (Å²) in [5.74, 6) is -0.428. The minimum Gasteiger partial charge on any atom is -0.345 e. The Morgan fingerprint density at radius 2 is 1.79 bits per heavy atom. The molecule has 2 aromatic rings. The van der Waals surface area contributed by atoms with E-state index in [0.717, 1.165) is 0 Å². The van der Waals surface area contributed by atoms with E-state index in [4.69, 9.17) is 12.2 Å². The van der Waals surface area contributed by atoms with Gasteiger partial charge < -0.3 is 10.2 Å². The molecule has 0 spiro atoms. The maximum absolute atomic E-state index is 12.2. The zero-order valence-electron chi connectivity index (χ0n) is 13.2. The van der Waals surface area contributed by atoms with Gasteiger partial charge in [0.1, 0.15) is 0 Å². The normalized spacial score (nSPS) is 9.96. The molecule has 0 unspecified atom stereocenters. The number of anilines is 1. The number of halogens is 1. The Balaban J connectivity index is 2.05. The summed E-state index contributed by atoms with van der Waals surface area (Å²) in [6.45, 7) is 0. The summed E-state index contributed by atoms with van der Waals surface area (Å²) in [5.41, 5.74) is 1.64. The van der Waals surface area contributed by atoms with Gasteiger partial charge in [-0.1, -0.05) is 18.2 Å². The van der Waals surface area contributed by atoms with E-state index in [2.05, 4.69) is 26.6 Å². The fourth-order valence-corrected chi connectivity index (χ4v) is 2.64. The fourth-order valence-electron chi connectivity index (χ4n) is 1.97. The first-order valence-electron chi connectivity index (χ1n) is 7.07. The van der Waals surface area contributed by atoms with E-state index in [0.29, 0.717) is 21.3 Å². The van der Waals surface area contributed by atoms with Crippen molar-refractivity contribution in [2.45, 2.75) is 0 Å². The SMILES string of the molecule is CN(C)C(=O)c1cccc(NC(=S)NC(=O)c2ccccc2Br)c1. The van der Waals surface area contributed by atoms with Crippen LogP contribution in [-0.2, 0) is 0 Å². The van der Waals surface area contributed by atoms with E-state index >= 15 is 0 Å². The lowest BCUT2D eigenvalue weighted by atomic mass is 10.2. The zero-order valence-corrected chi connectivity index (χ0v) is 15.6. The van der Waals surface area contributed by atoms with Crippen molar-refractivity contribution in [3.63, 3.8) is 0 Å². The number of nitrogens with one attached hydrogen (secondary N) is 2. The highest BCUT2D eigenvalue weighted by Crippen LogP contribution is 2.16. The van der Waals surface area contributed by atoms with Crippen molar-refractivity contribution in [3.05, 3.63) is 64.1 Å². The average Bonchev–Trinajstić information content (AvgIpc) is 2.54. The Morgan fingerprint density at radius 1 is 1.08 bits per heavy atom. The van der Waals surface area contributed by atoms with Crippen molar-refractivity contribution in [2.24, 2.45) is 0 Å². The van der Waals surface area contributed by atoms with Gasteiger partial charge in [-0.2, -0.15) is 0 Å². The van der Waals surface area contributed by atoms with Crippen LogP contribution in [0.4, 0.5) is 5.69 Å². The number of thiocarbonyl (C=S) groups is 1. The molecule has 5 nitrogen and oxygen atoms in total. The van der Waals surface area contributed by atoms with Crippen molar-refractivity contribution >= 4 is 50.8 Å². The van der Waals surface area contributed by atoms with E-state index in [1.807, 2.05) is 6.07 Å². The van der Waals surface area contributed by atoms with Gasteiger partial charge in [-0.05, 0) is 58.5 Å². The molecule has 0 aliphatic heterocycles. The van der Waals surface area contributed by atoms with E-state index < -0.39 is 0 Å². The van der Waals surface area contributed by atoms with Crippen molar-refractivity contribution in [1.82, 2.24) is 10.2 Å². The number of carbonyl (C=O) groups is 2. The number of nitrogens with zero attached hydrogens (tertiary/aromatic N) is 1. The summed E-state index contributed by atoms with van der Waals surface area (Å²) in [6.07, 6.45) is 0. The van der Waals surface area contributed by atoms with Crippen LogP contribution in [0.3, 0.4) is 0 Å². The second kappa shape index (κ2) is 8.03. The summed E-state index contributed by atoms with van der Waals surface area (Å²) in [4.78, 5) is 25.7. The first-order chi connectivity index (χ1) is 11.4. The first-order valence-corrected chi connectivity index (χ1v) is 8.27. The summed E-state index contributed by atoms with van der Waals surface area (Å²) in [5, 5.41) is 5.68. The highest BCUT2D eigenvalue weighted by atomic mass is 79.9. The van der Waals surface area contributed by atoms with Gasteiger partial charge in [-0.15, -0.1) is 0 Å². The van der Waals surface area contributed by atoms with Crippen LogP contribution in [-0.4, -0.2) is 35.9 Å². The maximum atomic E-state index is 12.2. The van der Waals surface area contributed by atoms with Gasteiger partial charge in [0, 0.05) is 29.8 Å². The van der Waals surface area contributed by atoms with Crippen LogP contribution in [0, 0.1) is 0 Å². The van der Waals surface area contributed by atoms with Gasteiger partial charge in [0.2, 0.25) is 0 Å². The summed E-state index contributed by atoms with van der Waals surface area (Å²) in [6, 6.07) is 14.0. The molecule has 0 fully saturated rings. The van der Waals surface area contributed by atoms with Crippen LogP contribution >= 0.6 is 28.1 Å². The van der Waals surface area contributed by atoms with Gasteiger partial charge in [0.15, 0.2) is 5.11 Å². The molecule has 2 rings (SSSR count). The molecule has 0 atom stereocenters. The van der Waals surface area contributed by atoms with Gasteiger partial charge in [-0.3, -0.25) is 14.9 Å². The van der Waals surface area contributed by atoms with Gasteiger partial charge in [0.25, 0.3) is 11.8 Å². The van der Waals surface area contributed by atoms with Gasteiger partial charge in [0.05, 0.1) is 5.56 Å². The van der Waals surface area contributed by atoms with Crippen molar-refractivity contribution in [3.8, 4) is 0 Å². The van der Waals surface area contributed by atoms with E-state index in [1.165, 1.54) is 4.90 Å². The smallest absolute Gasteiger partial charge is 0.258 e. The predicted octanol–water partition coefficient (Wildman–Crippen LogP) is 3.28. The lowest BCUT2D eigenvalue weighted by Gasteiger charge is -2.13. The highest BCUT2D eigenvalue weighted by molar-refractivity contribution is 9.10. The third-order valence-corrected chi connectivity index (χ3v) is 4.01. The molecule has 0 aliphatic carbocycles. The topological polar surface area (TPSA) is 61.4 Å². The third-order valence-electron chi connectivity index (χ3n) is 3.12. The Labute approximate surface area is 154 Å². The molecule has 2 aromatic carbocycles. The molecule has 0 saturated heterocycles. The van der Waals surface area contributed by atoms with Gasteiger partial charge in [-0.25, -0.2) is 0 Å². The monoisotopic (exact) mass is 405 g/mol.